The van der Waals surface area contributed by atoms with Crippen molar-refractivity contribution in [1.29, 1.82) is 0 Å². The first-order valence-electron chi connectivity index (χ1n) is 5.76. The maximum absolute atomic E-state index is 11.4. The van der Waals surface area contributed by atoms with E-state index in [0.717, 1.165) is 19.4 Å². The second-order valence-electron chi connectivity index (χ2n) is 4.60. The van der Waals surface area contributed by atoms with Crippen LogP contribution in [0.2, 0.25) is 0 Å². The summed E-state index contributed by atoms with van der Waals surface area (Å²) < 4.78 is 0. The van der Waals surface area contributed by atoms with Crippen LogP contribution >= 0.6 is 0 Å². The molecule has 1 fully saturated rings. The highest BCUT2D eigenvalue weighted by Gasteiger charge is 2.24. The Balaban J connectivity index is 1.60. The van der Waals surface area contributed by atoms with Gasteiger partial charge in [-0.3, -0.25) is 4.79 Å². The largest absolute Gasteiger partial charge is 0.356 e. The van der Waals surface area contributed by atoms with Gasteiger partial charge in [0.2, 0.25) is 5.91 Å². The highest BCUT2D eigenvalue weighted by atomic mass is 16.1. The fraction of sp³-hybridized carbons (Fsp3) is 0.750. The lowest BCUT2D eigenvalue weighted by Crippen LogP contribution is -2.29. The summed E-state index contributed by atoms with van der Waals surface area (Å²) in [5.74, 6) is 1.66. The fourth-order valence-electron chi connectivity index (χ4n) is 1.96. The maximum atomic E-state index is 11.4. The van der Waals surface area contributed by atoms with Gasteiger partial charge in [0.1, 0.15) is 0 Å². The van der Waals surface area contributed by atoms with Crippen LogP contribution in [0.15, 0.2) is 12.2 Å². The zero-order valence-electron chi connectivity index (χ0n) is 8.67. The van der Waals surface area contributed by atoms with Crippen molar-refractivity contribution in [2.75, 3.05) is 6.54 Å². The van der Waals surface area contributed by atoms with Crippen molar-refractivity contribution in [3.63, 3.8) is 0 Å². The lowest BCUT2D eigenvalue weighted by atomic mass is 9.94. The Morgan fingerprint density at radius 2 is 2.07 bits per heavy atom. The van der Waals surface area contributed by atoms with E-state index in [9.17, 15) is 4.79 Å². The summed E-state index contributed by atoms with van der Waals surface area (Å²) >= 11 is 0. The zero-order chi connectivity index (χ0) is 9.80. The first-order chi connectivity index (χ1) is 6.84. The minimum absolute atomic E-state index is 0.266. The van der Waals surface area contributed by atoms with E-state index in [0.29, 0.717) is 11.8 Å². The molecule has 14 heavy (non-hydrogen) atoms. The molecule has 0 aliphatic heterocycles. The van der Waals surface area contributed by atoms with E-state index >= 15 is 0 Å². The molecule has 2 aliphatic rings. The molecule has 2 nitrogen and oxygen atoms in total. The maximum Gasteiger partial charge on any atom is 0.220 e. The molecule has 2 rings (SSSR count). The van der Waals surface area contributed by atoms with E-state index in [1.165, 1.54) is 25.7 Å². The topological polar surface area (TPSA) is 29.1 Å². The Bertz CT molecular complexity index is 230. The van der Waals surface area contributed by atoms with Gasteiger partial charge in [0.15, 0.2) is 0 Å². The van der Waals surface area contributed by atoms with Crippen LogP contribution < -0.4 is 5.32 Å². The Kier molecular flexibility index (Phi) is 3.22. The molecule has 1 atom stereocenters. The van der Waals surface area contributed by atoms with Gasteiger partial charge in [-0.15, -0.1) is 0 Å². The number of nitrogens with one attached hydrogen (secondary N) is 1. The lowest BCUT2D eigenvalue weighted by Gasteiger charge is -2.17. The van der Waals surface area contributed by atoms with Crippen molar-refractivity contribution in [2.24, 2.45) is 11.8 Å². The highest BCUT2D eigenvalue weighted by Crippen LogP contribution is 2.32. The minimum atomic E-state index is 0.266. The van der Waals surface area contributed by atoms with Crippen molar-refractivity contribution < 1.29 is 4.79 Å². The molecule has 0 spiro atoms. The van der Waals surface area contributed by atoms with E-state index in [4.69, 9.17) is 0 Å². The smallest absolute Gasteiger partial charge is 0.220 e. The average Bonchev–Trinajstić information content (AvgIpc) is 3.00. The number of hydrogen-bond donors (Lipinski definition) is 1. The number of allylic oxidation sites excluding steroid dienone is 2. The molecule has 1 N–H and O–H groups in total. The average molecular weight is 193 g/mol. The molecule has 2 aliphatic carbocycles. The third-order valence-corrected chi connectivity index (χ3v) is 3.14. The molecule has 0 radical (unpaired) electrons. The number of carbonyl (C=O) groups is 1. The molecule has 0 aromatic heterocycles. The first-order valence-corrected chi connectivity index (χ1v) is 5.76. The summed E-state index contributed by atoms with van der Waals surface area (Å²) in [4.78, 5) is 11.4. The van der Waals surface area contributed by atoms with E-state index < -0.39 is 0 Å². The second kappa shape index (κ2) is 4.63. The second-order valence-corrected chi connectivity index (χ2v) is 4.60. The quantitative estimate of drug-likeness (QED) is 0.682. The van der Waals surface area contributed by atoms with Crippen molar-refractivity contribution in [3.05, 3.63) is 12.2 Å². The van der Waals surface area contributed by atoms with E-state index in [2.05, 4.69) is 17.5 Å². The summed E-state index contributed by atoms with van der Waals surface area (Å²) in [5, 5.41) is 3.05. The van der Waals surface area contributed by atoms with Crippen LogP contribution in [0.5, 0.6) is 0 Å². The monoisotopic (exact) mass is 193 g/mol. The van der Waals surface area contributed by atoms with Gasteiger partial charge in [-0.05, 0) is 43.9 Å². The number of carbonyl (C=O) groups excluding carboxylic acids is 1. The molecule has 1 unspecified atom stereocenters. The van der Waals surface area contributed by atoms with Crippen LogP contribution in [0.1, 0.15) is 38.5 Å². The third kappa shape index (κ3) is 3.17. The Morgan fingerprint density at radius 3 is 2.71 bits per heavy atom. The van der Waals surface area contributed by atoms with Gasteiger partial charge >= 0.3 is 0 Å². The van der Waals surface area contributed by atoms with Gasteiger partial charge in [-0.25, -0.2) is 0 Å². The van der Waals surface area contributed by atoms with Crippen molar-refractivity contribution in [1.82, 2.24) is 5.32 Å². The van der Waals surface area contributed by atoms with Crippen molar-refractivity contribution >= 4 is 5.91 Å². The molecule has 2 heteroatoms. The Morgan fingerprint density at radius 1 is 1.21 bits per heavy atom. The molecule has 78 valence electrons. The van der Waals surface area contributed by atoms with Crippen LogP contribution in [0.25, 0.3) is 0 Å². The van der Waals surface area contributed by atoms with Crippen molar-refractivity contribution in [2.45, 2.75) is 38.5 Å². The van der Waals surface area contributed by atoms with Gasteiger partial charge in [-0.1, -0.05) is 12.2 Å². The standard InChI is InChI=1S/C12H19NO/c14-12(8-10-6-7-10)13-9-11-4-2-1-3-5-11/h1-2,10-11H,3-9H2,(H,13,14). The van der Waals surface area contributed by atoms with Crippen LogP contribution in [0.4, 0.5) is 0 Å². The van der Waals surface area contributed by atoms with Crippen molar-refractivity contribution in [3.8, 4) is 0 Å². The van der Waals surface area contributed by atoms with Gasteiger partial charge in [0.25, 0.3) is 0 Å². The number of hydrogen-bond acceptors (Lipinski definition) is 1. The Labute approximate surface area is 85.8 Å². The molecule has 0 saturated heterocycles. The van der Waals surface area contributed by atoms with Crippen LogP contribution in [0.3, 0.4) is 0 Å². The molecule has 1 amide bonds. The lowest BCUT2D eigenvalue weighted by molar-refractivity contribution is -0.121. The first kappa shape index (κ1) is 9.75. The van der Waals surface area contributed by atoms with Gasteiger partial charge in [-0.2, -0.15) is 0 Å². The van der Waals surface area contributed by atoms with Crippen LogP contribution in [0, 0.1) is 11.8 Å². The molecular weight excluding hydrogens is 174 g/mol. The minimum Gasteiger partial charge on any atom is -0.356 e. The van der Waals surface area contributed by atoms with E-state index in [-0.39, 0.29) is 5.91 Å². The highest BCUT2D eigenvalue weighted by molar-refractivity contribution is 5.76. The zero-order valence-corrected chi connectivity index (χ0v) is 8.67. The predicted octanol–water partition coefficient (Wildman–Crippen LogP) is 2.26. The molecular formula is C12H19NO. The summed E-state index contributed by atoms with van der Waals surface area (Å²) in [6, 6.07) is 0. The summed E-state index contributed by atoms with van der Waals surface area (Å²) in [5.41, 5.74) is 0. The van der Waals surface area contributed by atoms with Gasteiger partial charge in [0, 0.05) is 13.0 Å². The molecule has 1 saturated carbocycles. The summed E-state index contributed by atoms with van der Waals surface area (Å²) in [6.07, 6.45) is 11.3. The van der Waals surface area contributed by atoms with E-state index in [1.54, 1.807) is 0 Å². The molecule has 0 aromatic rings. The number of rotatable bonds is 4. The molecule has 0 bridgehead atoms. The van der Waals surface area contributed by atoms with Crippen LogP contribution in [-0.4, -0.2) is 12.5 Å². The SMILES string of the molecule is O=C(CC1CC1)NCC1CC=CCC1. The normalized spacial score (nSPS) is 26.1. The third-order valence-electron chi connectivity index (χ3n) is 3.14. The summed E-state index contributed by atoms with van der Waals surface area (Å²) in [7, 11) is 0. The van der Waals surface area contributed by atoms with Gasteiger partial charge < -0.3 is 5.32 Å². The molecule has 0 heterocycles. The number of amides is 1. The Hall–Kier alpha value is -0.790. The summed E-state index contributed by atoms with van der Waals surface area (Å²) in [6.45, 7) is 0.885. The fourth-order valence-corrected chi connectivity index (χ4v) is 1.96. The van der Waals surface area contributed by atoms with Gasteiger partial charge in [0.05, 0.1) is 0 Å². The predicted molar refractivity (Wildman–Crippen MR) is 56.8 cm³/mol. The van der Waals surface area contributed by atoms with Crippen LogP contribution in [-0.2, 0) is 4.79 Å². The molecule has 0 aromatic carbocycles. The van der Waals surface area contributed by atoms with E-state index in [1.807, 2.05) is 0 Å².